The van der Waals surface area contributed by atoms with Gasteiger partial charge in [0.15, 0.2) is 0 Å². The maximum atomic E-state index is 11.1. The van der Waals surface area contributed by atoms with Crippen molar-refractivity contribution in [2.24, 2.45) is 0 Å². The molecular formula is C13H18ClNO3. The molecule has 0 heterocycles. The quantitative estimate of drug-likeness (QED) is 0.864. The van der Waals surface area contributed by atoms with E-state index in [0.29, 0.717) is 17.3 Å². The van der Waals surface area contributed by atoms with Gasteiger partial charge in [-0.1, -0.05) is 18.5 Å². The third-order valence-electron chi connectivity index (χ3n) is 2.76. The van der Waals surface area contributed by atoms with Crippen molar-refractivity contribution in [3.63, 3.8) is 0 Å². The fourth-order valence-electron chi connectivity index (χ4n) is 1.75. The first-order chi connectivity index (χ1) is 8.51. The molecule has 0 bridgehead atoms. The van der Waals surface area contributed by atoms with Crippen LogP contribution in [0.3, 0.4) is 0 Å². The van der Waals surface area contributed by atoms with Gasteiger partial charge in [-0.2, -0.15) is 0 Å². The summed E-state index contributed by atoms with van der Waals surface area (Å²) in [6, 6.07) is 4.71. The molecule has 0 unspecified atom stereocenters. The Morgan fingerprint density at radius 3 is 2.67 bits per heavy atom. The van der Waals surface area contributed by atoms with Crippen LogP contribution in [-0.4, -0.2) is 30.8 Å². The van der Waals surface area contributed by atoms with Crippen molar-refractivity contribution in [1.29, 1.82) is 0 Å². The molecule has 0 saturated carbocycles. The summed E-state index contributed by atoms with van der Waals surface area (Å²) in [4.78, 5) is 12.9. The first-order valence-corrected chi connectivity index (χ1v) is 6.22. The normalized spacial score (nSPS) is 12.0. The maximum absolute atomic E-state index is 11.1. The molecule has 1 N–H and O–H groups in total. The van der Waals surface area contributed by atoms with Gasteiger partial charge in [0.05, 0.1) is 12.1 Å². The zero-order valence-electron chi connectivity index (χ0n) is 10.8. The molecule has 0 saturated heterocycles. The van der Waals surface area contributed by atoms with Gasteiger partial charge in [-0.25, -0.2) is 4.79 Å². The van der Waals surface area contributed by atoms with E-state index >= 15 is 0 Å². The summed E-state index contributed by atoms with van der Waals surface area (Å²) in [6.45, 7) is 4.33. The molecule has 5 heteroatoms. The van der Waals surface area contributed by atoms with E-state index in [1.807, 2.05) is 17.9 Å². The Balaban J connectivity index is 3.06. The van der Waals surface area contributed by atoms with Gasteiger partial charge >= 0.3 is 5.97 Å². The number of carboxylic acid groups (broad SMARTS) is 1. The third-order valence-corrected chi connectivity index (χ3v) is 3.05. The number of hydrogen-bond donors (Lipinski definition) is 1. The summed E-state index contributed by atoms with van der Waals surface area (Å²) in [7, 11) is 1.55. The van der Waals surface area contributed by atoms with Crippen molar-refractivity contribution in [3.05, 3.63) is 23.2 Å². The highest BCUT2D eigenvalue weighted by molar-refractivity contribution is 6.32. The minimum absolute atomic E-state index is 0.480. The van der Waals surface area contributed by atoms with Crippen LogP contribution in [0.1, 0.15) is 20.3 Å². The van der Waals surface area contributed by atoms with Gasteiger partial charge in [-0.05, 0) is 31.5 Å². The van der Waals surface area contributed by atoms with E-state index in [2.05, 4.69) is 0 Å². The van der Waals surface area contributed by atoms with E-state index in [9.17, 15) is 4.79 Å². The monoisotopic (exact) mass is 271 g/mol. The molecule has 0 fully saturated rings. The molecule has 1 rings (SSSR count). The summed E-state index contributed by atoms with van der Waals surface area (Å²) in [5, 5.41) is 9.59. The second-order valence-corrected chi connectivity index (χ2v) is 4.43. The van der Waals surface area contributed by atoms with Gasteiger partial charge in [0, 0.05) is 12.2 Å². The first kappa shape index (κ1) is 14.6. The van der Waals surface area contributed by atoms with Crippen LogP contribution in [0.15, 0.2) is 18.2 Å². The lowest BCUT2D eigenvalue weighted by Gasteiger charge is -2.28. The van der Waals surface area contributed by atoms with Crippen LogP contribution in [0.4, 0.5) is 5.69 Å². The lowest BCUT2D eigenvalue weighted by Crippen LogP contribution is -2.39. The zero-order valence-corrected chi connectivity index (χ0v) is 11.6. The van der Waals surface area contributed by atoms with Crippen molar-refractivity contribution in [3.8, 4) is 5.75 Å². The Bertz CT molecular complexity index is 423. The van der Waals surface area contributed by atoms with E-state index in [1.165, 1.54) is 0 Å². The Hall–Kier alpha value is -1.42. The van der Waals surface area contributed by atoms with Gasteiger partial charge < -0.3 is 14.7 Å². The highest BCUT2D eigenvalue weighted by atomic mass is 35.5. The molecule has 0 spiro atoms. The number of nitrogens with zero attached hydrogens (tertiary/aromatic N) is 1. The predicted molar refractivity (Wildman–Crippen MR) is 72.7 cm³/mol. The Kier molecular flexibility index (Phi) is 5.28. The summed E-state index contributed by atoms with van der Waals surface area (Å²) in [6.07, 6.45) is 0.862. The maximum Gasteiger partial charge on any atom is 0.326 e. The molecule has 0 aliphatic rings. The van der Waals surface area contributed by atoms with Crippen molar-refractivity contribution in [1.82, 2.24) is 0 Å². The second kappa shape index (κ2) is 6.50. The highest BCUT2D eigenvalue weighted by Crippen LogP contribution is 2.30. The Labute approximate surface area is 112 Å². The highest BCUT2D eigenvalue weighted by Gasteiger charge is 2.20. The fraction of sp³-hybridized carbons (Fsp3) is 0.462. The summed E-state index contributed by atoms with van der Waals surface area (Å²) in [5.41, 5.74) is 0.789. The molecule has 4 nitrogen and oxygen atoms in total. The van der Waals surface area contributed by atoms with Crippen molar-refractivity contribution in [2.45, 2.75) is 26.3 Å². The Morgan fingerprint density at radius 2 is 2.22 bits per heavy atom. The topological polar surface area (TPSA) is 49.8 Å². The van der Waals surface area contributed by atoms with Crippen molar-refractivity contribution < 1.29 is 14.6 Å². The SMILES string of the molecule is CCCN(c1ccc(OC)c(Cl)c1)[C@H](C)C(=O)O. The zero-order chi connectivity index (χ0) is 13.7. The number of aliphatic carboxylic acids is 1. The first-order valence-electron chi connectivity index (χ1n) is 5.84. The minimum atomic E-state index is -0.851. The van der Waals surface area contributed by atoms with E-state index in [-0.39, 0.29) is 0 Å². The molecule has 18 heavy (non-hydrogen) atoms. The van der Waals surface area contributed by atoms with Crippen LogP contribution in [0.25, 0.3) is 0 Å². The molecule has 0 aromatic heterocycles. The van der Waals surface area contributed by atoms with Crippen LogP contribution in [0.5, 0.6) is 5.75 Å². The molecule has 0 aliphatic carbocycles. The van der Waals surface area contributed by atoms with E-state index in [0.717, 1.165) is 12.1 Å². The van der Waals surface area contributed by atoms with Crippen molar-refractivity contribution >= 4 is 23.3 Å². The van der Waals surface area contributed by atoms with Crippen LogP contribution in [-0.2, 0) is 4.79 Å². The van der Waals surface area contributed by atoms with E-state index in [4.69, 9.17) is 21.4 Å². The van der Waals surface area contributed by atoms with E-state index < -0.39 is 12.0 Å². The van der Waals surface area contributed by atoms with Crippen LogP contribution in [0, 0.1) is 0 Å². The fourth-order valence-corrected chi connectivity index (χ4v) is 2.01. The molecule has 0 aliphatic heterocycles. The molecule has 1 aromatic rings. The van der Waals surface area contributed by atoms with Crippen molar-refractivity contribution in [2.75, 3.05) is 18.6 Å². The number of ether oxygens (including phenoxy) is 1. The van der Waals surface area contributed by atoms with E-state index in [1.54, 1.807) is 26.2 Å². The molecule has 100 valence electrons. The molecular weight excluding hydrogens is 254 g/mol. The van der Waals surface area contributed by atoms with Gasteiger partial charge in [0.2, 0.25) is 0 Å². The van der Waals surface area contributed by atoms with Gasteiger partial charge in [0.25, 0.3) is 0 Å². The average molecular weight is 272 g/mol. The Morgan fingerprint density at radius 1 is 1.56 bits per heavy atom. The number of rotatable bonds is 6. The lowest BCUT2D eigenvalue weighted by atomic mass is 10.2. The van der Waals surface area contributed by atoms with Gasteiger partial charge in [-0.3, -0.25) is 0 Å². The molecule has 1 aromatic carbocycles. The third kappa shape index (κ3) is 3.29. The number of carboxylic acids is 1. The van der Waals surface area contributed by atoms with Crippen LogP contribution < -0.4 is 9.64 Å². The largest absolute Gasteiger partial charge is 0.495 e. The number of halogens is 1. The summed E-state index contributed by atoms with van der Waals surface area (Å²) >= 11 is 6.06. The smallest absolute Gasteiger partial charge is 0.326 e. The predicted octanol–water partition coefficient (Wildman–Crippen LogP) is 3.04. The summed E-state index contributed by atoms with van der Waals surface area (Å²) in [5.74, 6) is -0.268. The number of benzene rings is 1. The van der Waals surface area contributed by atoms with Gasteiger partial charge in [0.1, 0.15) is 11.8 Å². The minimum Gasteiger partial charge on any atom is -0.495 e. The van der Waals surface area contributed by atoms with Gasteiger partial charge in [-0.15, -0.1) is 0 Å². The number of hydrogen-bond acceptors (Lipinski definition) is 3. The average Bonchev–Trinajstić information content (AvgIpc) is 2.35. The number of methoxy groups -OCH3 is 1. The van der Waals surface area contributed by atoms with Crippen LogP contribution >= 0.6 is 11.6 Å². The second-order valence-electron chi connectivity index (χ2n) is 4.03. The number of anilines is 1. The number of carbonyl (C=O) groups is 1. The lowest BCUT2D eigenvalue weighted by molar-refractivity contribution is -0.138. The molecule has 0 amide bonds. The molecule has 0 radical (unpaired) electrons. The standard InChI is InChI=1S/C13H18ClNO3/c1-4-7-15(9(2)13(16)17)10-5-6-12(18-3)11(14)8-10/h5-6,8-9H,4,7H2,1-3H3,(H,16,17)/t9-/m1/s1. The molecule has 1 atom stereocenters. The van der Waals surface area contributed by atoms with Crippen LogP contribution in [0.2, 0.25) is 5.02 Å². The summed E-state index contributed by atoms with van der Waals surface area (Å²) < 4.78 is 5.08.